The minimum Gasteiger partial charge on any atom is -0.301 e. The number of hydrogen-bond acceptors (Lipinski definition) is 1. The Balaban J connectivity index is 0. The van der Waals surface area contributed by atoms with E-state index in [0.29, 0.717) is 6.04 Å². The van der Waals surface area contributed by atoms with Gasteiger partial charge in [0.1, 0.15) is 0 Å². The highest BCUT2D eigenvalue weighted by Gasteiger charge is 2.05. The van der Waals surface area contributed by atoms with E-state index in [1.54, 1.807) is 0 Å². The summed E-state index contributed by atoms with van der Waals surface area (Å²) in [6, 6.07) is 0.716. The van der Waals surface area contributed by atoms with Gasteiger partial charge < -0.3 is 4.90 Å². The molecule has 124 valence electrons. The lowest BCUT2D eigenvalue weighted by Crippen LogP contribution is -2.31. The van der Waals surface area contributed by atoms with Crippen LogP contribution in [0.4, 0.5) is 0 Å². The van der Waals surface area contributed by atoms with Crippen LogP contribution in [0, 0.1) is 0 Å². The molecule has 0 aromatic heterocycles. The highest BCUT2D eigenvalue weighted by atomic mass is 15.1. The third kappa shape index (κ3) is 16.0. The predicted molar refractivity (Wildman–Crippen MR) is 95.6 cm³/mol. The van der Waals surface area contributed by atoms with Crippen LogP contribution in [0.3, 0.4) is 0 Å². The quantitative estimate of drug-likeness (QED) is 0.342. The van der Waals surface area contributed by atoms with Crippen LogP contribution >= 0.6 is 0 Å². The molecule has 0 saturated carbocycles. The van der Waals surface area contributed by atoms with Gasteiger partial charge in [0.15, 0.2) is 0 Å². The maximum absolute atomic E-state index is 2.57. The van der Waals surface area contributed by atoms with E-state index in [4.69, 9.17) is 0 Å². The zero-order valence-electron chi connectivity index (χ0n) is 15.5. The van der Waals surface area contributed by atoms with E-state index in [1.807, 2.05) is 13.8 Å². The molecular weight excluding hydrogens is 242 g/mol. The van der Waals surface area contributed by atoms with Gasteiger partial charge in [-0.2, -0.15) is 0 Å². The topological polar surface area (TPSA) is 3.24 Å². The molecule has 0 aliphatic carbocycles. The SMILES string of the molecule is CC.CCCCCCCCCCCCN(CC)C(C)C. The third-order valence-electron chi connectivity index (χ3n) is 3.94. The van der Waals surface area contributed by atoms with Gasteiger partial charge in [-0.05, 0) is 33.4 Å². The Labute approximate surface area is 130 Å². The van der Waals surface area contributed by atoms with Crippen molar-refractivity contribution < 1.29 is 0 Å². The lowest BCUT2D eigenvalue weighted by Gasteiger charge is -2.24. The second kappa shape index (κ2) is 19.0. The third-order valence-corrected chi connectivity index (χ3v) is 3.94. The first-order valence-corrected chi connectivity index (χ1v) is 9.46. The molecule has 0 spiro atoms. The van der Waals surface area contributed by atoms with Crippen molar-refractivity contribution in [3.8, 4) is 0 Å². The second-order valence-corrected chi connectivity index (χ2v) is 5.90. The monoisotopic (exact) mass is 285 g/mol. The predicted octanol–water partition coefficient (Wildman–Crippen LogP) is 6.66. The first-order chi connectivity index (χ1) is 9.72. The summed E-state index contributed by atoms with van der Waals surface area (Å²) < 4.78 is 0. The molecular formula is C19H43N. The molecule has 0 fully saturated rings. The fourth-order valence-corrected chi connectivity index (χ4v) is 2.58. The Bertz CT molecular complexity index is 154. The van der Waals surface area contributed by atoms with E-state index in [1.165, 1.54) is 77.3 Å². The largest absolute Gasteiger partial charge is 0.301 e. The molecule has 0 heterocycles. The summed E-state index contributed by atoms with van der Waals surface area (Å²) in [5.74, 6) is 0. The molecule has 1 heteroatoms. The van der Waals surface area contributed by atoms with Crippen LogP contribution in [-0.2, 0) is 0 Å². The van der Waals surface area contributed by atoms with Gasteiger partial charge in [-0.25, -0.2) is 0 Å². The van der Waals surface area contributed by atoms with Crippen molar-refractivity contribution >= 4 is 0 Å². The number of hydrogen-bond donors (Lipinski definition) is 0. The van der Waals surface area contributed by atoms with Gasteiger partial charge in [0.25, 0.3) is 0 Å². The van der Waals surface area contributed by atoms with Gasteiger partial charge in [0.2, 0.25) is 0 Å². The lowest BCUT2D eigenvalue weighted by atomic mass is 10.1. The number of rotatable bonds is 13. The highest BCUT2D eigenvalue weighted by Crippen LogP contribution is 2.11. The molecule has 0 bridgehead atoms. The minimum atomic E-state index is 0.716. The van der Waals surface area contributed by atoms with Crippen molar-refractivity contribution in [2.45, 2.75) is 112 Å². The van der Waals surface area contributed by atoms with Gasteiger partial charge in [0.05, 0.1) is 0 Å². The molecule has 1 nitrogen and oxygen atoms in total. The van der Waals surface area contributed by atoms with Crippen LogP contribution in [0.1, 0.15) is 106 Å². The molecule has 0 rings (SSSR count). The van der Waals surface area contributed by atoms with Crippen LogP contribution in [-0.4, -0.2) is 24.0 Å². The molecule has 0 aromatic rings. The molecule has 0 N–H and O–H groups in total. The lowest BCUT2D eigenvalue weighted by molar-refractivity contribution is 0.228. The van der Waals surface area contributed by atoms with Crippen molar-refractivity contribution in [3.63, 3.8) is 0 Å². The minimum absolute atomic E-state index is 0.716. The van der Waals surface area contributed by atoms with E-state index < -0.39 is 0 Å². The van der Waals surface area contributed by atoms with Gasteiger partial charge in [-0.1, -0.05) is 85.5 Å². The molecule has 0 saturated heterocycles. The van der Waals surface area contributed by atoms with Crippen LogP contribution in [0.5, 0.6) is 0 Å². The fourth-order valence-electron chi connectivity index (χ4n) is 2.58. The smallest absolute Gasteiger partial charge is 0.00384 e. The molecule has 0 aliphatic rings. The van der Waals surface area contributed by atoms with E-state index in [9.17, 15) is 0 Å². The van der Waals surface area contributed by atoms with E-state index in [0.717, 1.165) is 0 Å². The number of nitrogens with zero attached hydrogens (tertiary/aromatic N) is 1. The summed E-state index contributed by atoms with van der Waals surface area (Å²) in [5.41, 5.74) is 0. The van der Waals surface area contributed by atoms with Crippen molar-refractivity contribution in [2.24, 2.45) is 0 Å². The van der Waals surface area contributed by atoms with Crippen LogP contribution < -0.4 is 0 Å². The average Bonchev–Trinajstić information content (AvgIpc) is 2.46. The Hall–Kier alpha value is -0.0400. The van der Waals surface area contributed by atoms with Crippen molar-refractivity contribution in [3.05, 3.63) is 0 Å². The normalized spacial score (nSPS) is 10.8. The molecule has 0 amide bonds. The zero-order chi connectivity index (χ0) is 15.6. The molecule has 0 atom stereocenters. The Morgan fingerprint density at radius 2 is 1.05 bits per heavy atom. The molecule has 0 aromatic carbocycles. The summed E-state index contributed by atoms with van der Waals surface area (Å²) in [7, 11) is 0. The maximum Gasteiger partial charge on any atom is 0.00384 e. The first kappa shape index (κ1) is 22.2. The van der Waals surface area contributed by atoms with Crippen LogP contribution in [0.25, 0.3) is 0 Å². The average molecular weight is 286 g/mol. The van der Waals surface area contributed by atoms with Crippen LogP contribution in [0.2, 0.25) is 0 Å². The maximum atomic E-state index is 2.57. The van der Waals surface area contributed by atoms with Crippen molar-refractivity contribution in [2.75, 3.05) is 13.1 Å². The van der Waals surface area contributed by atoms with Gasteiger partial charge >= 0.3 is 0 Å². The second-order valence-electron chi connectivity index (χ2n) is 5.90. The fraction of sp³-hybridized carbons (Fsp3) is 1.00. The summed E-state index contributed by atoms with van der Waals surface area (Å²) in [4.78, 5) is 2.57. The standard InChI is InChI=1S/C17H37N.C2H6/c1-5-7-8-9-10-11-12-13-14-15-16-18(6-2)17(3)4;1-2/h17H,5-16H2,1-4H3;1-2H3. The summed E-state index contributed by atoms with van der Waals surface area (Å²) in [5, 5.41) is 0. The number of unbranched alkanes of at least 4 members (excludes halogenated alkanes) is 9. The van der Waals surface area contributed by atoms with E-state index in [-0.39, 0.29) is 0 Å². The van der Waals surface area contributed by atoms with Gasteiger partial charge in [0, 0.05) is 6.04 Å². The van der Waals surface area contributed by atoms with E-state index >= 15 is 0 Å². The van der Waals surface area contributed by atoms with E-state index in [2.05, 4.69) is 32.6 Å². The molecule has 0 unspecified atom stereocenters. The highest BCUT2D eigenvalue weighted by molar-refractivity contribution is 4.60. The Morgan fingerprint density at radius 3 is 1.40 bits per heavy atom. The molecule has 0 aliphatic heterocycles. The van der Waals surface area contributed by atoms with Gasteiger partial charge in [-0.15, -0.1) is 0 Å². The molecule has 20 heavy (non-hydrogen) atoms. The van der Waals surface area contributed by atoms with Crippen molar-refractivity contribution in [1.29, 1.82) is 0 Å². The van der Waals surface area contributed by atoms with Crippen molar-refractivity contribution in [1.82, 2.24) is 4.90 Å². The zero-order valence-corrected chi connectivity index (χ0v) is 15.5. The summed E-state index contributed by atoms with van der Waals surface area (Å²) in [6.45, 7) is 15.7. The van der Waals surface area contributed by atoms with Crippen LogP contribution in [0.15, 0.2) is 0 Å². The Kier molecular flexibility index (Phi) is 21.1. The first-order valence-electron chi connectivity index (χ1n) is 9.46. The summed E-state index contributed by atoms with van der Waals surface area (Å²) in [6.07, 6.45) is 14.4. The summed E-state index contributed by atoms with van der Waals surface area (Å²) >= 11 is 0. The van der Waals surface area contributed by atoms with Gasteiger partial charge in [-0.3, -0.25) is 0 Å². The Morgan fingerprint density at radius 1 is 0.650 bits per heavy atom. The molecule has 0 radical (unpaired) electrons.